The Balaban J connectivity index is 1.43. The number of nitrogens with one attached hydrogen (secondary N) is 4. The molecule has 11 nitrogen and oxygen atoms in total. The van der Waals surface area contributed by atoms with Gasteiger partial charge in [-0.3, -0.25) is 5.43 Å². The lowest BCUT2D eigenvalue weighted by Gasteiger charge is -2.20. The van der Waals surface area contributed by atoms with Crippen molar-refractivity contribution in [1.29, 1.82) is 5.26 Å². The number of ether oxygens (including phenoxy) is 1. The quantitative estimate of drug-likeness (QED) is 0.358. The molecule has 0 aliphatic heterocycles. The Morgan fingerprint density at radius 2 is 1.76 bits per heavy atom. The molecule has 1 heterocycles. The number of nitrogens with zero attached hydrogens (tertiary/aromatic N) is 4. The molecule has 0 radical (unpaired) electrons. The number of hydrazine groups is 2. The largest absolute Gasteiger partial charge is 0.438 e. The minimum absolute atomic E-state index is 0.171. The monoisotopic (exact) mass is 480 g/mol. The number of aromatic nitrogens is 2. The lowest BCUT2D eigenvalue weighted by Crippen LogP contribution is -2.53. The molecule has 0 fully saturated rings. The Morgan fingerprint density at radius 1 is 1.03 bits per heavy atom. The van der Waals surface area contributed by atoms with E-state index in [-0.39, 0.29) is 24.7 Å². The average molecular weight is 481 g/mol. The number of nitriles is 1. The molecule has 0 atom stereocenters. The first-order chi connectivity index (χ1) is 16.5. The first-order valence-corrected chi connectivity index (χ1v) is 10.5. The van der Waals surface area contributed by atoms with Crippen molar-refractivity contribution in [3.8, 4) is 17.7 Å². The average Bonchev–Trinajstić information content (AvgIpc) is 2.85. The van der Waals surface area contributed by atoms with Crippen LogP contribution in [-0.2, 0) is 6.54 Å². The smallest absolute Gasteiger partial charge is 0.341 e. The first-order valence-electron chi connectivity index (χ1n) is 10.1. The maximum absolute atomic E-state index is 12.4. The van der Waals surface area contributed by atoms with Crippen molar-refractivity contribution in [2.75, 3.05) is 12.0 Å². The van der Waals surface area contributed by atoms with E-state index in [1.165, 1.54) is 6.07 Å². The van der Waals surface area contributed by atoms with E-state index in [2.05, 4.69) is 31.9 Å². The number of amides is 4. The molecule has 0 saturated heterocycles. The van der Waals surface area contributed by atoms with Gasteiger partial charge >= 0.3 is 12.1 Å². The van der Waals surface area contributed by atoms with E-state index in [1.54, 1.807) is 61.5 Å². The van der Waals surface area contributed by atoms with E-state index < -0.39 is 12.1 Å². The van der Waals surface area contributed by atoms with Crippen molar-refractivity contribution in [3.63, 3.8) is 0 Å². The number of anilines is 1. The molecule has 2 aromatic carbocycles. The van der Waals surface area contributed by atoms with Crippen molar-refractivity contribution in [2.24, 2.45) is 0 Å². The molecule has 0 saturated carbocycles. The standard InChI is InChI=1S/C22H21ClN8O3/c1-2-31(21(32)25-14-15-3-5-16(23)6-4-15)22(33)29-30-27-17-7-10-19(11-8-17)34-20-12-9-18(13-24)26-28-20/h3-12,27,30H,2,14H2,1H3,(H,25,32)(H,29,33). The van der Waals surface area contributed by atoms with E-state index in [0.717, 1.165) is 10.5 Å². The molecule has 0 aliphatic rings. The van der Waals surface area contributed by atoms with Crippen LogP contribution >= 0.6 is 11.6 Å². The number of benzene rings is 2. The van der Waals surface area contributed by atoms with E-state index >= 15 is 0 Å². The predicted molar refractivity (Wildman–Crippen MR) is 125 cm³/mol. The Kier molecular flexibility index (Phi) is 8.56. The molecule has 1 aromatic heterocycles. The third-order valence-corrected chi connectivity index (χ3v) is 4.62. The Hall–Kier alpha value is -4.40. The summed E-state index contributed by atoms with van der Waals surface area (Å²) in [6, 6.07) is 17.5. The Morgan fingerprint density at radius 3 is 2.38 bits per heavy atom. The molecule has 4 N–H and O–H groups in total. The maximum Gasteiger partial charge on any atom is 0.341 e. The Bertz CT molecular complexity index is 1150. The molecule has 34 heavy (non-hydrogen) atoms. The molecular formula is C22H21ClN8O3. The van der Waals surface area contributed by atoms with Gasteiger partial charge in [0, 0.05) is 24.2 Å². The number of hydrogen-bond acceptors (Lipinski definition) is 8. The number of carbonyl (C=O) groups is 2. The fraction of sp³-hybridized carbons (Fsp3) is 0.136. The molecule has 0 aliphatic carbocycles. The summed E-state index contributed by atoms with van der Waals surface area (Å²) in [6.07, 6.45) is 0. The highest BCUT2D eigenvalue weighted by Crippen LogP contribution is 2.20. The van der Waals surface area contributed by atoms with Crippen LogP contribution in [0.2, 0.25) is 5.02 Å². The van der Waals surface area contributed by atoms with Crippen molar-refractivity contribution in [2.45, 2.75) is 13.5 Å². The molecule has 174 valence electrons. The van der Waals surface area contributed by atoms with Crippen LogP contribution in [0.5, 0.6) is 11.6 Å². The summed E-state index contributed by atoms with van der Waals surface area (Å²) in [4.78, 5) is 25.7. The number of carbonyl (C=O) groups excluding carboxylic acids is 2. The number of hydrogen-bond donors (Lipinski definition) is 4. The fourth-order valence-corrected chi connectivity index (χ4v) is 2.77. The van der Waals surface area contributed by atoms with E-state index in [4.69, 9.17) is 21.6 Å². The van der Waals surface area contributed by atoms with Gasteiger partial charge in [-0.25, -0.2) is 14.5 Å². The zero-order valence-corrected chi connectivity index (χ0v) is 18.8. The van der Waals surface area contributed by atoms with Crippen LogP contribution in [0.15, 0.2) is 60.7 Å². The van der Waals surface area contributed by atoms with Crippen LogP contribution in [-0.4, -0.2) is 33.7 Å². The highest BCUT2D eigenvalue weighted by molar-refractivity contribution is 6.30. The highest BCUT2D eigenvalue weighted by atomic mass is 35.5. The minimum Gasteiger partial charge on any atom is -0.438 e. The summed E-state index contributed by atoms with van der Waals surface area (Å²) in [7, 11) is 0. The molecule has 3 rings (SSSR count). The second-order valence-electron chi connectivity index (χ2n) is 6.70. The first kappa shape index (κ1) is 24.2. The highest BCUT2D eigenvalue weighted by Gasteiger charge is 2.19. The molecule has 0 spiro atoms. The van der Waals surface area contributed by atoms with Crippen LogP contribution in [0.3, 0.4) is 0 Å². The third-order valence-electron chi connectivity index (χ3n) is 4.37. The van der Waals surface area contributed by atoms with Gasteiger partial charge in [0.25, 0.3) is 0 Å². The predicted octanol–water partition coefficient (Wildman–Crippen LogP) is 3.57. The van der Waals surface area contributed by atoms with Gasteiger partial charge in [-0.15, -0.1) is 15.7 Å². The van der Waals surface area contributed by atoms with Gasteiger partial charge in [0.05, 0.1) is 5.69 Å². The van der Waals surface area contributed by atoms with E-state index in [1.807, 2.05) is 6.07 Å². The van der Waals surface area contributed by atoms with E-state index in [9.17, 15) is 9.59 Å². The number of rotatable bonds is 8. The topological polar surface area (TPSA) is 144 Å². The summed E-state index contributed by atoms with van der Waals surface area (Å²) in [5.41, 5.74) is 9.42. The lowest BCUT2D eigenvalue weighted by atomic mass is 10.2. The zero-order chi connectivity index (χ0) is 24.3. The minimum atomic E-state index is -0.636. The lowest BCUT2D eigenvalue weighted by molar-refractivity contribution is 0.185. The van der Waals surface area contributed by atoms with Crippen LogP contribution < -0.4 is 26.4 Å². The summed E-state index contributed by atoms with van der Waals surface area (Å²) < 4.78 is 5.55. The number of halogens is 1. The summed E-state index contributed by atoms with van der Waals surface area (Å²) >= 11 is 5.85. The van der Waals surface area contributed by atoms with Crippen molar-refractivity contribution >= 4 is 29.4 Å². The molecule has 3 aromatic rings. The zero-order valence-electron chi connectivity index (χ0n) is 18.1. The van der Waals surface area contributed by atoms with Crippen LogP contribution in [0, 0.1) is 11.3 Å². The second kappa shape index (κ2) is 12.0. The summed E-state index contributed by atoms with van der Waals surface area (Å²) in [5, 5.41) is 19.5. The fourth-order valence-electron chi connectivity index (χ4n) is 2.64. The van der Waals surface area contributed by atoms with Gasteiger partial charge < -0.3 is 15.5 Å². The van der Waals surface area contributed by atoms with Gasteiger partial charge in [-0.1, -0.05) is 23.7 Å². The number of urea groups is 2. The van der Waals surface area contributed by atoms with Crippen molar-refractivity contribution in [3.05, 3.63) is 76.9 Å². The van der Waals surface area contributed by atoms with Crippen molar-refractivity contribution in [1.82, 2.24) is 31.4 Å². The van der Waals surface area contributed by atoms with E-state index in [0.29, 0.717) is 16.5 Å². The number of imide groups is 1. The molecular weight excluding hydrogens is 460 g/mol. The Labute approximate surface area is 200 Å². The molecule has 0 unspecified atom stereocenters. The van der Waals surface area contributed by atoms with Gasteiger partial charge in [-0.2, -0.15) is 5.26 Å². The van der Waals surface area contributed by atoms with Crippen LogP contribution in [0.4, 0.5) is 15.3 Å². The van der Waals surface area contributed by atoms with Gasteiger partial charge in [0.1, 0.15) is 11.8 Å². The summed E-state index contributed by atoms with van der Waals surface area (Å²) in [6.45, 7) is 2.12. The SMILES string of the molecule is CCN(C(=O)NCc1ccc(Cl)cc1)C(=O)NNNc1ccc(Oc2ccc(C#N)nn2)cc1. The molecule has 0 bridgehead atoms. The third kappa shape index (κ3) is 7.06. The normalized spacial score (nSPS) is 10.0. The van der Waals surface area contributed by atoms with Crippen LogP contribution in [0.25, 0.3) is 0 Å². The summed E-state index contributed by atoms with van der Waals surface area (Å²) in [5.74, 6) is 0.752. The van der Waals surface area contributed by atoms with Crippen molar-refractivity contribution < 1.29 is 14.3 Å². The van der Waals surface area contributed by atoms with Gasteiger partial charge in [0.2, 0.25) is 5.88 Å². The van der Waals surface area contributed by atoms with Crippen LogP contribution in [0.1, 0.15) is 18.2 Å². The molecule has 12 heteroatoms. The molecule has 4 amide bonds. The second-order valence-corrected chi connectivity index (χ2v) is 7.14. The van der Waals surface area contributed by atoms with Gasteiger partial charge in [-0.05, 0) is 55.0 Å². The van der Waals surface area contributed by atoms with Gasteiger partial charge in [0.15, 0.2) is 5.69 Å². The maximum atomic E-state index is 12.4.